The third-order valence-corrected chi connectivity index (χ3v) is 3.04. The molecule has 1 heterocycles. The van der Waals surface area contributed by atoms with Gasteiger partial charge in [0.2, 0.25) is 0 Å². The average molecular weight is 239 g/mol. The predicted molar refractivity (Wildman–Crippen MR) is 68.6 cm³/mol. The Morgan fingerprint density at radius 1 is 1.00 bits per heavy atom. The number of hydrogen-bond donors (Lipinski definition) is 1. The maximum absolute atomic E-state index is 12.1. The second kappa shape index (κ2) is 4.53. The normalized spacial score (nSPS) is 18.2. The van der Waals surface area contributed by atoms with Gasteiger partial charge in [0.05, 0.1) is 11.6 Å². The van der Waals surface area contributed by atoms with Gasteiger partial charge in [-0.3, -0.25) is 4.79 Å². The van der Waals surface area contributed by atoms with E-state index in [0.29, 0.717) is 17.9 Å². The highest BCUT2D eigenvalue weighted by molar-refractivity contribution is 5.97. The van der Waals surface area contributed by atoms with E-state index >= 15 is 0 Å². The van der Waals surface area contributed by atoms with Crippen molar-refractivity contribution >= 4 is 5.91 Å². The Morgan fingerprint density at radius 3 is 2.56 bits per heavy atom. The Bertz CT molecular complexity index is 566. The van der Waals surface area contributed by atoms with Gasteiger partial charge in [0, 0.05) is 0 Å². The molecule has 1 aliphatic rings. The van der Waals surface area contributed by atoms with Crippen molar-refractivity contribution < 1.29 is 9.53 Å². The smallest absolute Gasteiger partial charge is 0.255 e. The molecule has 1 aliphatic heterocycles. The summed E-state index contributed by atoms with van der Waals surface area (Å²) in [5.74, 6) is 0.561. The third kappa shape index (κ3) is 1.95. The van der Waals surface area contributed by atoms with Gasteiger partial charge in [-0.25, -0.2) is 0 Å². The number of ether oxygens (including phenoxy) is 1. The Kier molecular flexibility index (Phi) is 2.73. The lowest BCUT2D eigenvalue weighted by atomic mass is 10.1. The summed E-state index contributed by atoms with van der Waals surface area (Å²) >= 11 is 0. The van der Waals surface area contributed by atoms with Crippen LogP contribution in [0.25, 0.3) is 0 Å². The number of amides is 1. The van der Waals surface area contributed by atoms with Crippen LogP contribution in [0.1, 0.15) is 22.0 Å². The molecule has 18 heavy (non-hydrogen) atoms. The van der Waals surface area contributed by atoms with Crippen LogP contribution < -0.4 is 10.1 Å². The molecule has 1 unspecified atom stereocenters. The molecule has 0 radical (unpaired) electrons. The molecule has 0 bridgehead atoms. The summed E-state index contributed by atoms with van der Waals surface area (Å²) in [7, 11) is 0. The zero-order valence-corrected chi connectivity index (χ0v) is 9.80. The Balaban J connectivity index is 1.91. The number of benzene rings is 2. The van der Waals surface area contributed by atoms with Crippen LogP contribution in [0.2, 0.25) is 0 Å². The molecule has 2 aromatic carbocycles. The molecule has 0 saturated carbocycles. The lowest BCUT2D eigenvalue weighted by molar-refractivity contribution is 0.0938. The van der Waals surface area contributed by atoms with Crippen molar-refractivity contribution in [3.05, 3.63) is 65.7 Å². The van der Waals surface area contributed by atoms with Crippen LogP contribution >= 0.6 is 0 Å². The minimum Gasteiger partial charge on any atom is -0.490 e. The van der Waals surface area contributed by atoms with Gasteiger partial charge in [-0.2, -0.15) is 0 Å². The first-order valence-electron chi connectivity index (χ1n) is 5.92. The summed E-state index contributed by atoms with van der Waals surface area (Å²) in [6.07, 6.45) is 0. The average Bonchev–Trinajstić information content (AvgIpc) is 2.60. The standard InChI is InChI=1S/C15H13NO2/c17-15-12-8-4-5-9-14(12)18-10-13(16-15)11-6-2-1-3-7-11/h1-9,13H,10H2,(H,16,17). The van der Waals surface area contributed by atoms with E-state index in [1.165, 1.54) is 0 Å². The fraction of sp³-hybridized carbons (Fsp3) is 0.133. The summed E-state index contributed by atoms with van der Waals surface area (Å²) in [5, 5.41) is 2.99. The second-order valence-corrected chi connectivity index (χ2v) is 4.24. The van der Waals surface area contributed by atoms with Crippen molar-refractivity contribution in [2.75, 3.05) is 6.61 Å². The molecular formula is C15H13NO2. The number of carbonyl (C=O) groups excluding carboxylic acids is 1. The molecule has 1 amide bonds. The molecule has 1 N–H and O–H groups in total. The van der Waals surface area contributed by atoms with Crippen LogP contribution in [0.15, 0.2) is 54.6 Å². The molecule has 3 rings (SSSR count). The molecular weight excluding hydrogens is 226 g/mol. The van der Waals surface area contributed by atoms with Gasteiger partial charge in [-0.05, 0) is 17.7 Å². The largest absolute Gasteiger partial charge is 0.490 e. The highest BCUT2D eigenvalue weighted by Crippen LogP contribution is 2.24. The first kappa shape index (κ1) is 10.8. The van der Waals surface area contributed by atoms with E-state index in [4.69, 9.17) is 4.74 Å². The minimum atomic E-state index is -0.105. The van der Waals surface area contributed by atoms with Gasteiger partial charge >= 0.3 is 0 Å². The predicted octanol–water partition coefficient (Wildman–Crippen LogP) is 2.55. The van der Waals surface area contributed by atoms with Gasteiger partial charge < -0.3 is 10.1 Å². The fourth-order valence-corrected chi connectivity index (χ4v) is 2.10. The van der Waals surface area contributed by atoms with Crippen molar-refractivity contribution in [1.29, 1.82) is 0 Å². The fourth-order valence-electron chi connectivity index (χ4n) is 2.10. The van der Waals surface area contributed by atoms with Gasteiger partial charge in [-0.1, -0.05) is 42.5 Å². The maximum Gasteiger partial charge on any atom is 0.255 e. The molecule has 90 valence electrons. The van der Waals surface area contributed by atoms with Crippen LogP contribution in [0.3, 0.4) is 0 Å². The van der Waals surface area contributed by atoms with Crippen LogP contribution in [0.5, 0.6) is 5.75 Å². The minimum absolute atomic E-state index is 0.0862. The van der Waals surface area contributed by atoms with Crippen molar-refractivity contribution in [3.8, 4) is 5.75 Å². The number of carbonyl (C=O) groups is 1. The van der Waals surface area contributed by atoms with E-state index in [1.54, 1.807) is 6.07 Å². The third-order valence-electron chi connectivity index (χ3n) is 3.04. The van der Waals surface area contributed by atoms with E-state index in [2.05, 4.69) is 5.32 Å². The van der Waals surface area contributed by atoms with Gasteiger partial charge in [0.1, 0.15) is 12.4 Å². The lowest BCUT2D eigenvalue weighted by Gasteiger charge is -2.15. The number of nitrogens with one attached hydrogen (secondary N) is 1. The van der Waals surface area contributed by atoms with E-state index in [-0.39, 0.29) is 11.9 Å². The van der Waals surface area contributed by atoms with E-state index in [0.717, 1.165) is 5.56 Å². The van der Waals surface area contributed by atoms with E-state index in [9.17, 15) is 4.79 Å². The zero-order valence-electron chi connectivity index (χ0n) is 9.80. The number of rotatable bonds is 1. The van der Waals surface area contributed by atoms with Gasteiger partial charge in [-0.15, -0.1) is 0 Å². The monoisotopic (exact) mass is 239 g/mol. The van der Waals surface area contributed by atoms with Crippen molar-refractivity contribution in [2.45, 2.75) is 6.04 Å². The topological polar surface area (TPSA) is 38.3 Å². The van der Waals surface area contributed by atoms with Crippen LogP contribution in [0, 0.1) is 0 Å². The highest BCUT2D eigenvalue weighted by atomic mass is 16.5. The van der Waals surface area contributed by atoms with E-state index in [1.807, 2.05) is 48.5 Å². The number of hydrogen-bond acceptors (Lipinski definition) is 2. The Hall–Kier alpha value is -2.29. The van der Waals surface area contributed by atoms with Crippen LogP contribution in [0.4, 0.5) is 0 Å². The van der Waals surface area contributed by atoms with Crippen LogP contribution in [-0.4, -0.2) is 12.5 Å². The van der Waals surface area contributed by atoms with Crippen molar-refractivity contribution in [3.63, 3.8) is 0 Å². The summed E-state index contributed by atoms with van der Waals surface area (Å²) in [5.41, 5.74) is 1.65. The summed E-state index contributed by atoms with van der Waals surface area (Å²) in [4.78, 5) is 12.1. The van der Waals surface area contributed by atoms with Crippen LogP contribution in [-0.2, 0) is 0 Å². The number of para-hydroxylation sites is 1. The maximum atomic E-state index is 12.1. The Labute approximate surface area is 105 Å². The molecule has 0 spiro atoms. The molecule has 3 nitrogen and oxygen atoms in total. The quantitative estimate of drug-likeness (QED) is 0.830. The molecule has 0 aromatic heterocycles. The number of fused-ring (bicyclic) bond motifs is 1. The summed E-state index contributed by atoms with van der Waals surface area (Å²) in [6, 6.07) is 17.1. The summed E-state index contributed by atoms with van der Waals surface area (Å²) < 4.78 is 5.70. The second-order valence-electron chi connectivity index (χ2n) is 4.24. The molecule has 0 aliphatic carbocycles. The Morgan fingerprint density at radius 2 is 1.72 bits per heavy atom. The SMILES string of the molecule is O=C1NC(c2ccccc2)COc2ccccc21. The van der Waals surface area contributed by atoms with E-state index < -0.39 is 0 Å². The molecule has 0 saturated heterocycles. The highest BCUT2D eigenvalue weighted by Gasteiger charge is 2.23. The summed E-state index contributed by atoms with van der Waals surface area (Å²) in [6.45, 7) is 0.451. The molecule has 0 fully saturated rings. The zero-order chi connectivity index (χ0) is 12.4. The van der Waals surface area contributed by atoms with Gasteiger partial charge in [0.25, 0.3) is 5.91 Å². The molecule has 2 aromatic rings. The van der Waals surface area contributed by atoms with Crippen molar-refractivity contribution in [2.24, 2.45) is 0 Å². The first-order valence-corrected chi connectivity index (χ1v) is 5.92. The lowest BCUT2D eigenvalue weighted by Crippen LogP contribution is -2.29. The molecule has 1 atom stereocenters. The molecule has 3 heteroatoms. The van der Waals surface area contributed by atoms with Gasteiger partial charge in [0.15, 0.2) is 0 Å². The first-order chi connectivity index (χ1) is 8.84. The van der Waals surface area contributed by atoms with Crippen molar-refractivity contribution in [1.82, 2.24) is 5.32 Å².